The molecule has 0 saturated carbocycles. The molecule has 1 N–H and O–H groups in total. The van der Waals surface area contributed by atoms with E-state index in [1.165, 1.54) is 0 Å². The Morgan fingerprint density at radius 3 is 2.15 bits per heavy atom. The quantitative estimate of drug-likeness (QED) is 0.859. The van der Waals surface area contributed by atoms with Gasteiger partial charge in [-0.25, -0.2) is 9.97 Å². The molecule has 1 unspecified atom stereocenters. The van der Waals surface area contributed by atoms with Gasteiger partial charge in [0, 0.05) is 31.6 Å². The largest absolute Gasteiger partial charge is 0.373 e. The predicted octanol–water partition coefficient (Wildman–Crippen LogP) is 3.82. The number of hydrogen-bond donors (Lipinski definition) is 1. The highest BCUT2D eigenvalue weighted by molar-refractivity contribution is 5.58. The summed E-state index contributed by atoms with van der Waals surface area (Å²) in [6, 6.07) is 0.466. The third kappa shape index (κ3) is 3.84. The SMILES string of the molecule is CNc1nc(C(C)C)nc(N(C)C(C)CC(C)C)c1C. The monoisotopic (exact) mass is 278 g/mol. The van der Waals surface area contributed by atoms with Gasteiger partial charge in [-0.05, 0) is 26.2 Å². The number of nitrogens with zero attached hydrogens (tertiary/aromatic N) is 3. The average molecular weight is 278 g/mol. The summed E-state index contributed by atoms with van der Waals surface area (Å²) in [6.07, 6.45) is 1.16. The van der Waals surface area contributed by atoms with Crippen LogP contribution in [0.25, 0.3) is 0 Å². The molecular formula is C16H30N4. The molecule has 1 aromatic heterocycles. The molecule has 0 radical (unpaired) electrons. The van der Waals surface area contributed by atoms with Crippen LogP contribution in [0.15, 0.2) is 0 Å². The van der Waals surface area contributed by atoms with Crippen LogP contribution in [0.3, 0.4) is 0 Å². The molecule has 0 amide bonds. The third-order valence-electron chi connectivity index (χ3n) is 3.70. The van der Waals surface area contributed by atoms with E-state index in [1.54, 1.807) is 0 Å². The standard InChI is InChI=1S/C16H30N4/c1-10(2)9-12(5)20(8)16-13(6)15(17-7)18-14(19-16)11(3)4/h10-12H,9H2,1-8H3,(H,17,18,19). The molecule has 4 nitrogen and oxygen atoms in total. The molecule has 4 heteroatoms. The second-order valence-electron chi connectivity index (χ2n) is 6.37. The molecule has 1 rings (SSSR count). The van der Waals surface area contributed by atoms with Crippen molar-refractivity contribution in [2.75, 3.05) is 24.3 Å². The van der Waals surface area contributed by atoms with E-state index < -0.39 is 0 Å². The molecule has 0 bridgehead atoms. The molecule has 20 heavy (non-hydrogen) atoms. The maximum Gasteiger partial charge on any atom is 0.137 e. The van der Waals surface area contributed by atoms with Crippen LogP contribution in [-0.4, -0.2) is 30.1 Å². The molecule has 1 heterocycles. The van der Waals surface area contributed by atoms with E-state index in [9.17, 15) is 0 Å². The van der Waals surface area contributed by atoms with Gasteiger partial charge in [0.25, 0.3) is 0 Å². The van der Waals surface area contributed by atoms with Gasteiger partial charge in [-0.3, -0.25) is 0 Å². The van der Waals surface area contributed by atoms with Crippen molar-refractivity contribution in [3.63, 3.8) is 0 Å². The van der Waals surface area contributed by atoms with E-state index in [4.69, 9.17) is 4.98 Å². The first-order chi connectivity index (χ1) is 9.27. The Morgan fingerprint density at radius 2 is 1.70 bits per heavy atom. The van der Waals surface area contributed by atoms with Crippen LogP contribution in [0.5, 0.6) is 0 Å². The smallest absolute Gasteiger partial charge is 0.137 e. The minimum atomic E-state index is 0.329. The molecule has 0 fully saturated rings. The maximum atomic E-state index is 4.78. The van der Waals surface area contributed by atoms with Crippen molar-refractivity contribution in [2.45, 2.75) is 59.9 Å². The van der Waals surface area contributed by atoms with Gasteiger partial charge in [0.1, 0.15) is 17.5 Å². The summed E-state index contributed by atoms with van der Waals surface area (Å²) >= 11 is 0. The lowest BCUT2D eigenvalue weighted by atomic mass is 10.0. The summed E-state index contributed by atoms with van der Waals surface area (Å²) in [5.74, 6) is 3.89. The number of aromatic nitrogens is 2. The van der Waals surface area contributed by atoms with Gasteiger partial charge in [-0.15, -0.1) is 0 Å². The number of hydrogen-bond acceptors (Lipinski definition) is 4. The molecule has 1 aromatic rings. The van der Waals surface area contributed by atoms with Crippen molar-refractivity contribution < 1.29 is 0 Å². The van der Waals surface area contributed by atoms with Crippen molar-refractivity contribution in [2.24, 2.45) is 5.92 Å². The predicted molar refractivity (Wildman–Crippen MR) is 87.7 cm³/mol. The van der Waals surface area contributed by atoms with Crippen LogP contribution in [0.1, 0.15) is 58.3 Å². The molecule has 0 aliphatic heterocycles. The van der Waals surface area contributed by atoms with Gasteiger partial charge < -0.3 is 10.2 Å². The molecule has 0 saturated heterocycles. The second kappa shape index (κ2) is 6.91. The maximum absolute atomic E-state index is 4.78. The minimum absolute atomic E-state index is 0.329. The van der Waals surface area contributed by atoms with Crippen LogP contribution < -0.4 is 10.2 Å². The number of rotatable bonds is 6. The van der Waals surface area contributed by atoms with Crippen molar-refractivity contribution in [3.8, 4) is 0 Å². The van der Waals surface area contributed by atoms with E-state index in [2.05, 4.69) is 63.8 Å². The van der Waals surface area contributed by atoms with Gasteiger partial charge in [0.2, 0.25) is 0 Å². The average Bonchev–Trinajstić information content (AvgIpc) is 2.37. The Kier molecular flexibility index (Phi) is 5.78. The summed E-state index contributed by atoms with van der Waals surface area (Å²) in [5, 5.41) is 3.19. The van der Waals surface area contributed by atoms with Crippen molar-refractivity contribution in [1.29, 1.82) is 0 Å². The summed E-state index contributed by atoms with van der Waals surface area (Å²) < 4.78 is 0. The zero-order valence-corrected chi connectivity index (χ0v) is 14.3. The molecule has 0 aliphatic rings. The Morgan fingerprint density at radius 1 is 1.10 bits per heavy atom. The molecule has 114 valence electrons. The second-order valence-corrected chi connectivity index (χ2v) is 6.37. The number of nitrogens with one attached hydrogen (secondary N) is 1. The van der Waals surface area contributed by atoms with Crippen LogP contribution in [0, 0.1) is 12.8 Å². The fourth-order valence-corrected chi connectivity index (χ4v) is 2.42. The van der Waals surface area contributed by atoms with Crippen LogP contribution in [0.4, 0.5) is 11.6 Å². The van der Waals surface area contributed by atoms with E-state index in [-0.39, 0.29) is 0 Å². The molecular weight excluding hydrogens is 248 g/mol. The summed E-state index contributed by atoms with van der Waals surface area (Å²) in [4.78, 5) is 11.7. The lowest BCUT2D eigenvalue weighted by Gasteiger charge is -2.29. The highest BCUT2D eigenvalue weighted by Gasteiger charge is 2.19. The highest BCUT2D eigenvalue weighted by atomic mass is 15.2. The minimum Gasteiger partial charge on any atom is -0.373 e. The summed E-state index contributed by atoms with van der Waals surface area (Å²) in [5.41, 5.74) is 1.12. The number of anilines is 2. The topological polar surface area (TPSA) is 41.1 Å². The molecule has 0 aromatic carbocycles. The van der Waals surface area contributed by atoms with Crippen molar-refractivity contribution in [1.82, 2.24) is 9.97 Å². The zero-order valence-electron chi connectivity index (χ0n) is 14.3. The molecule has 1 atom stereocenters. The summed E-state index contributed by atoms with van der Waals surface area (Å²) in [7, 11) is 4.05. The van der Waals surface area contributed by atoms with E-state index in [0.717, 1.165) is 29.4 Å². The Labute approximate surface area is 124 Å². The fourth-order valence-electron chi connectivity index (χ4n) is 2.42. The first kappa shape index (κ1) is 16.7. The Bertz CT molecular complexity index is 440. The van der Waals surface area contributed by atoms with Gasteiger partial charge in [-0.2, -0.15) is 0 Å². The highest BCUT2D eigenvalue weighted by Crippen LogP contribution is 2.27. The fraction of sp³-hybridized carbons (Fsp3) is 0.750. The van der Waals surface area contributed by atoms with E-state index in [0.29, 0.717) is 17.9 Å². The van der Waals surface area contributed by atoms with Gasteiger partial charge >= 0.3 is 0 Å². The zero-order chi connectivity index (χ0) is 15.4. The molecule has 0 spiro atoms. The lowest BCUT2D eigenvalue weighted by Crippen LogP contribution is -2.32. The first-order valence-corrected chi connectivity index (χ1v) is 7.57. The van der Waals surface area contributed by atoms with Crippen LogP contribution in [0.2, 0.25) is 0 Å². The van der Waals surface area contributed by atoms with E-state index in [1.807, 2.05) is 7.05 Å². The lowest BCUT2D eigenvalue weighted by molar-refractivity contribution is 0.501. The Hall–Kier alpha value is -1.32. The van der Waals surface area contributed by atoms with Crippen LogP contribution >= 0.6 is 0 Å². The normalized spacial score (nSPS) is 12.9. The van der Waals surface area contributed by atoms with Crippen LogP contribution in [-0.2, 0) is 0 Å². The third-order valence-corrected chi connectivity index (χ3v) is 3.70. The van der Waals surface area contributed by atoms with Gasteiger partial charge in [0.05, 0.1) is 0 Å². The summed E-state index contributed by atoms with van der Waals surface area (Å²) in [6.45, 7) is 13.1. The Balaban J connectivity index is 3.18. The van der Waals surface area contributed by atoms with E-state index >= 15 is 0 Å². The van der Waals surface area contributed by atoms with Crippen molar-refractivity contribution >= 4 is 11.6 Å². The molecule has 0 aliphatic carbocycles. The first-order valence-electron chi connectivity index (χ1n) is 7.57. The van der Waals surface area contributed by atoms with Gasteiger partial charge in [-0.1, -0.05) is 27.7 Å². The van der Waals surface area contributed by atoms with Crippen molar-refractivity contribution in [3.05, 3.63) is 11.4 Å². The van der Waals surface area contributed by atoms with Gasteiger partial charge in [0.15, 0.2) is 0 Å².